The number of carbonyl (C=O) groups is 1. The Kier molecular flexibility index (Phi) is 3.07. The summed E-state index contributed by atoms with van der Waals surface area (Å²) in [6.07, 6.45) is 0.517. The molecule has 18 heavy (non-hydrogen) atoms. The van der Waals surface area contributed by atoms with Crippen molar-refractivity contribution in [2.75, 3.05) is 5.32 Å². The average molecular weight is 255 g/mol. The molecule has 0 radical (unpaired) electrons. The van der Waals surface area contributed by atoms with Crippen LogP contribution in [-0.2, 0) is 0 Å². The van der Waals surface area contributed by atoms with Gasteiger partial charge in [0.1, 0.15) is 0 Å². The molecule has 90 valence electrons. The Morgan fingerprint density at radius 1 is 1.06 bits per heavy atom. The molecule has 1 unspecified atom stereocenters. The number of hydrogen-bond donors (Lipinski definition) is 1. The molecule has 3 heteroatoms. The monoisotopic (exact) mass is 255 g/mol. The highest BCUT2D eigenvalue weighted by Gasteiger charge is 2.23. The average Bonchev–Trinajstić information content (AvgIpc) is 2.82. The summed E-state index contributed by atoms with van der Waals surface area (Å²) < 4.78 is 0. The maximum Gasteiger partial charge on any atom is 0.165 e. The maximum absolute atomic E-state index is 12.1. The van der Waals surface area contributed by atoms with E-state index in [9.17, 15) is 4.79 Å². The number of Topliss-reactive ketones (excluding diaryl/α,β-unsaturated/α-hetero) is 1. The van der Waals surface area contributed by atoms with Crippen LogP contribution in [0.25, 0.3) is 0 Å². The molecule has 0 saturated carbocycles. The van der Waals surface area contributed by atoms with Gasteiger partial charge in [-0.1, -0.05) is 54.2 Å². The van der Waals surface area contributed by atoms with Gasteiger partial charge in [-0.25, -0.2) is 0 Å². The van der Waals surface area contributed by atoms with Crippen LogP contribution in [0, 0.1) is 0 Å². The minimum atomic E-state index is 0.148. The van der Waals surface area contributed by atoms with Crippen LogP contribution in [0.3, 0.4) is 0 Å². The third kappa shape index (κ3) is 2.27. The van der Waals surface area contributed by atoms with Gasteiger partial charge in [-0.2, -0.15) is 0 Å². The van der Waals surface area contributed by atoms with E-state index in [4.69, 9.17) is 0 Å². The van der Waals surface area contributed by atoms with Crippen LogP contribution in [0.15, 0.2) is 59.5 Å². The predicted octanol–water partition coefficient (Wildman–Crippen LogP) is 3.80. The highest BCUT2D eigenvalue weighted by Crippen LogP contribution is 2.39. The number of benzene rings is 2. The van der Waals surface area contributed by atoms with Crippen LogP contribution in [0.1, 0.15) is 16.8 Å². The van der Waals surface area contributed by atoms with Crippen molar-refractivity contribution in [1.82, 2.24) is 0 Å². The van der Waals surface area contributed by atoms with Gasteiger partial charge >= 0.3 is 0 Å². The molecule has 0 aliphatic carbocycles. The SMILES string of the molecule is O=C(CC1Nc2ccccc2S1)c1ccccc1. The molecule has 0 spiro atoms. The minimum Gasteiger partial charge on any atom is -0.372 e. The number of para-hydroxylation sites is 1. The number of ketones is 1. The number of fused-ring (bicyclic) bond motifs is 1. The predicted molar refractivity (Wildman–Crippen MR) is 75.1 cm³/mol. The summed E-state index contributed by atoms with van der Waals surface area (Å²) >= 11 is 1.73. The molecule has 1 aliphatic rings. The molecular formula is C15H13NOS. The van der Waals surface area contributed by atoms with E-state index in [2.05, 4.69) is 17.4 Å². The van der Waals surface area contributed by atoms with Crippen LogP contribution in [0.5, 0.6) is 0 Å². The molecule has 1 heterocycles. The highest BCUT2D eigenvalue weighted by atomic mass is 32.2. The third-order valence-electron chi connectivity index (χ3n) is 2.94. The topological polar surface area (TPSA) is 29.1 Å². The van der Waals surface area contributed by atoms with E-state index in [1.807, 2.05) is 42.5 Å². The lowest BCUT2D eigenvalue weighted by molar-refractivity contribution is 0.0984. The Morgan fingerprint density at radius 2 is 1.78 bits per heavy atom. The number of hydrogen-bond acceptors (Lipinski definition) is 3. The Balaban J connectivity index is 1.68. The van der Waals surface area contributed by atoms with Crippen molar-refractivity contribution in [2.45, 2.75) is 16.7 Å². The van der Waals surface area contributed by atoms with Crippen LogP contribution in [0.2, 0.25) is 0 Å². The van der Waals surface area contributed by atoms with Crippen LogP contribution < -0.4 is 5.32 Å². The summed E-state index contributed by atoms with van der Waals surface area (Å²) in [7, 11) is 0. The standard InChI is InChI=1S/C15H13NOS/c17-13(11-6-2-1-3-7-11)10-15-16-12-8-4-5-9-14(12)18-15/h1-9,15-16H,10H2. The van der Waals surface area contributed by atoms with E-state index in [-0.39, 0.29) is 11.2 Å². The second-order valence-electron chi connectivity index (χ2n) is 4.24. The number of anilines is 1. The van der Waals surface area contributed by atoms with Gasteiger partial charge in [0.2, 0.25) is 0 Å². The first-order chi connectivity index (χ1) is 8.83. The fraction of sp³-hybridized carbons (Fsp3) is 0.133. The Labute approximate surface area is 110 Å². The summed E-state index contributed by atoms with van der Waals surface area (Å²) in [5.74, 6) is 0.188. The van der Waals surface area contributed by atoms with Crippen molar-refractivity contribution >= 4 is 23.2 Å². The van der Waals surface area contributed by atoms with Gasteiger partial charge in [-0.15, -0.1) is 0 Å². The molecule has 3 rings (SSSR count). The minimum absolute atomic E-state index is 0.148. The molecule has 1 aliphatic heterocycles. The lowest BCUT2D eigenvalue weighted by Gasteiger charge is -2.09. The van der Waals surface area contributed by atoms with E-state index < -0.39 is 0 Å². The first kappa shape index (κ1) is 11.4. The Bertz CT molecular complexity index is 543. The Morgan fingerprint density at radius 3 is 2.56 bits per heavy atom. The molecule has 0 aromatic heterocycles. The van der Waals surface area contributed by atoms with E-state index in [0.29, 0.717) is 6.42 Å². The molecule has 2 aromatic rings. The normalized spacial score (nSPS) is 17.0. The quantitative estimate of drug-likeness (QED) is 0.846. The molecule has 0 fully saturated rings. The molecule has 1 N–H and O–H groups in total. The van der Waals surface area contributed by atoms with Crippen molar-refractivity contribution in [2.24, 2.45) is 0 Å². The summed E-state index contributed by atoms with van der Waals surface area (Å²) in [5.41, 5.74) is 1.92. The molecule has 0 saturated heterocycles. The van der Waals surface area contributed by atoms with Gasteiger partial charge < -0.3 is 5.32 Å². The largest absolute Gasteiger partial charge is 0.372 e. The van der Waals surface area contributed by atoms with Crippen molar-refractivity contribution in [1.29, 1.82) is 0 Å². The second-order valence-corrected chi connectivity index (χ2v) is 5.48. The van der Waals surface area contributed by atoms with Gasteiger partial charge in [0.15, 0.2) is 5.78 Å². The maximum atomic E-state index is 12.1. The van der Waals surface area contributed by atoms with Crippen molar-refractivity contribution < 1.29 is 4.79 Å². The zero-order chi connectivity index (χ0) is 12.4. The van der Waals surface area contributed by atoms with Gasteiger partial charge in [0.25, 0.3) is 0 Å². The van der Waals surface area contributed by atoms with E-state index in [1.54, 1.807) is 11.8 Å². The fourth-order valence-corrected chi connectivity index (χ4v) is 3.19. The second kappa shape index (κ2) is 4.86. The molecule has 1 atom stereocenters. The number of rotatable bonds is 3. The zero-order valence-corrected chi connectivity index (χ0v) is 10.6. The van der Waals surface area contributed by atoms with E-state index >= 15 is 0 Å². The molecule has 2 nitrogen and oxygen atoms in total. The zero-order valence-electron chi connectivity index (χ0n) is 9.80. The van der Waals surface area contributed by atoms with Crippen molar-refractivity contribution in [3.05, 3.63) is 60.2 Å². The van der Waals surface area contributed by atoms with E-state index in [1.165, 1.54) is 4.90 Å². The number of carbonyl (C=O) groups excluding carboxylic acids is 1. The highest BCUT2D eigenvalue weighted by molar-refractivity contribution is 8.00. The summed E-state index contributed by atoms with van der Waals surface area (Å²) in [4.78, 5) is 13.3. The lowest BCUT2D eigenvalue weighted by Crippen LogP contribution is -2.15. The summed E-state index contributed by atoms with van der Waals surface area (Å²) in [6.45, 7) is 0. The first-order valence-corrected chi connectivity index (χ1v) is 6.81. The van der Waals surface area contributed by atoms with Crippen molar-refractivity contribution in [3.8, 4) is 0 Å². The first-order valence-electron chi connectivity index (χ1n) is 5.93. The van der Waals surface area contributed by atoms with Gasteiger partial charge in [0, 0.05) is 22.6 Å². The fourth-order valence-electron chi connectivity index (χ4n) is 2.05. The Hall–Kier alpha value is -1.74. The van der Waals surface area contributed by atoms with Crippen molar-refractivity contribution in [3.63, 3.8) is 0 Å². The van der Waals surface area contributed by atoms with Crippen LogP contribution in [0.4, 0.5) is 5.69 Å². The lowest BCUT2D eigenvalue weighted by atomic mass is 10.1. The van der Waals surface area contributed by atoms with Crippen LogP contribution in [-0.4, -0.2) is 11.2 Å². The molecular weight excluding hydrogens is 242 g/mol. The summed E-state index contributed by atoms with van der Waals surface area (Å²) in [6, 6.07) is 17.6. The van der Waals surface area contributed by atoms with Crippen LogP contribution >= 0.6 is 11.8 Å². The van der Waals surface area contributed by atoms with Gasteiger partial charge in [-0.05, 0) is 12.1 Å². The third-order valence-corrected chi connectivity index (χ3v) is 4.12. The molecule has 0 amide bonds. The van der Waals surface area contributed by atoms with Gasteiger partial charge in [0.05, 0.1) is 5.37 Å². The van der Waals surface area contributed by atoms with E-state index in [0.717, 1.165) is 11.3 Å². The van der Waals surface area contributed by atoms with Gasteiger partial charge in [-0.3, -0.25) is 4.79 Å². The smallest absolute Gasteiger partial charge is 0.165 e. The molecule has 2 aromatic carbocycles. The number of thioether (sulfide) groups is 1. The molecule has 0 bridgehead atoms. The summed E-state index contributed by atoms with van der Waals surface area (Å²) in [5, 5.41) is 3.53. The number of nitrogens with one attached hydrogen (secondary N) is 1.